The number of hydrogen-bond donors (Lipinski definition) is 3. The van der Waals surface area contributed by atoms with Crippen LogP contribution in [-0.4, -0.2) is 47.5 Å². The van der Waals surface area contributed by atoms with E-state index >= 15 is 0 Å². The highest BCUT2D eigenvalue weighted by atomic mass is 16.5. The molecule has 0 fully saturated rings. The summed E-state index contributed by atoms with van der Waals surface area (Å²) in [6, 6.07) is 7.23. The van der Waals surface area contributed by atoms with Crippen molar-refractivity contribution in [2.24, 2.45) is 0 Å². The standard InChI is InChI=1S/C18H26N2O4/c1-5-23-17(22)15-9-13-14(20-15)7-6-8-16(13)24-11-12(21)10-19-18(2,3)4/h6-9,12,19-21H,5,10-11H2,1-4H3. The van der Waals surface area contributed by atoms with E-state index in [4.69, 9.17) is 9.47 Å². The first-order valence-corrected chi connectivity index (χ1v) is 8.15. The Morgan fingerprint density at radius 1 is 1.38 bits per heavy atom. The first-order valence-electron chi connectivity index (χ1n) is 8.15. The number of nitrogens with one attached hydrogen (secondary N) is 2. The largest absolute Gasteiger partial charge is 0.490 e. The van der Waals surface area contributed by atoms with Gasteiger partial charge in [0.25, 0.3) is 0 Å². The quantitative estimate of drug-likeness (QED) is 0.678. The summed E-state index contributed by atoms with van der Waals surface area (Å²) >= 11 is 0. The third-order valence-electron chi connectivity index (χ3n) is 3.42. The van der Waals surface area contributed by atoms with E-state index < -0.39 is 12.1 Å². The van der Waals surface area contributed by atoms with Gasteiger partial charge in [0.15, 0.2) is 0 Å². The first kappa shape index (κ1) is 18.3. The second-order valence-electron chi connectivity index (χ2n) is 6.72. The highest BCUT2D eigenvalue weighted by molar-refractivity contribution is 5.97. The topological polar surface area (TPSA) is 83.6 Å². The summed E-state index contributed by atoms with van der Waals surface area (Å²) in [5.41, 5.74) is 1.12. The maximum absolute atomic E-state index is 11.8. The summed E-state index contributed by atoms with van der Waals surface area (Å²) in [6.07, 6.45) is -0.622. The molecule has 6 heteroatoms. The molecule has 0 amide bonds. The molecular weight excluding hydrogens is 308 g/mol. The van der Waals surface area contributed by atoms with E-state index in [0.29, 0.717) is 24.6 Å². The summed E-state index contributed by atoms with van der Waals surface area (Å²) in [5.74, 6) is 0.225. The van der Waals surface area contributed by atoms with Crippen LogP contribution in [0.4, 0.5) is 0 Å². The molecule has 1 heterocycles. The average Bonchev–Trinajstić information content (AvgIpc) is 2.95. The molecule has 3 N–H and O–H groups in total. The van der Waals surface area contributed by atoms with Crippen molar-refractivity contribution >= 4 is 16.9 Å². The Bertz CT molecular complexity index is 688. The molecule has 0 aliphatic carbocycles. The van der Waals surface area contributed by atoms with Gasteiger partial charge in [-0.3, -0.25) is 0 Å². The number of rotatable bonds is 7. The SMILES string of the molecule is CCOC(=O)c1cc2c(OCC(O)CNC(C)(C)C)cccc2[nH]1. The molecule has 1 aromatic heterocycles. The number of ether oxygens (including phenoxy) is 2. The maximum Gasteiger partial charge on any atom is 0.354 e. The molecule has 2 rings (SSSR count). The van der Waals surface area contributed by atoms with Crippen LogP contribution in [0.25, 0.3) is 10.9 Å². The number of fused-ring (bicyclic) bond motifs is 1. The van der Waals surface area contributed by atoms with Crippen molar-refractivity contribution in [3.05, 3.63) is 30.0 Å². The molecular formula is C18H26N2O4. The van der Waals surface area contributed by atoms with Crippen LogP contribution in [0.3, 0.4) is 0 Å². The highest BCUT2D eigenvalue weighted by Crippen LogP contribution is 2.26. The third kappa shape index (κ3) is 4.97. The molecule has 0 aliphatic rings. The van der Waals surface area contributed by atoms with Gasteiger partial charge in [0.2, 0.25) is 0 Å². The van der Waals surface area contributed by atoms with Crippen LogP contribution in [0.15, 0.2) is 24.3 Å². The fraction of sp³-hybridized carbons (Fsp3) is 0.500. The molecule has 0 aliphatic heterocycles. The Balaban J connectivity index is 2.05. The van der Waals surface area contributed by atoms with Gasteiger partial charge in [0, 0.05) is 23.0 Å². The minimum atomic E-state index is -0.622. The minimum absolute atomic E-state index is 0.0594. The van der Waals surface area contributed by atoms with Crippen molar-refractivity contribution in [3.63, 3.8) is 0 Å². The van der Waals surface area contributed by atoms with Gasteiger partial charge < -0.3 is 24.9 Å². The molecule has 6 nitrogen and oxygen atoms in total. The van der Waals surface area contributed by atoms with Crippen LogP contribution in [0, 0.1) is 0 Å². The van der Waals surface area contributed by atoms with Crippen LogP contribution in [0.5, 0.6) is 5.75 Å². The minimum Gasteiger partial charge on any atom is -0.490 e. The lowest BCUT2D eigenvalue weighted by Crippen LogP contribution is -2.42. The van der Waals surface area contributed by atoms with Gasteiger partial charge in [-0.1, -0.05) is 6.07 Å². The zero-order chi connectivity index (χ0) is 17.7. The van der Waals surface area contributed by atoms with E-state index in [1.807, 2.05) is 39.0 Å². The molecule has 0 radical (unpaired) electrons. The summed E-state index contributed by atoms with van der Waals surface area (Å²) < 4.78 is 10.7. The van der Waals surface area contributed by atoms with E-state index in [1.165, 1.54) is 0 Å². The van der Waals surface area contributed by atoms with Gasteiger partial charge in [-0.25, -0.2) is 4.79 Å². The summed E-state index contributed by atoms with van der Waals surface area (Å²) in [7, 11) is 0. The number of esters is 1. The number of aromatic nitrogens is 1. The van der Waals surface area contributed by atoms with E-state index in [2.05, 4.69) is 10.3 Å². The number of H-pyrrole nitrogens is 1. The molecule has 1 aromatic carbocycles. The van der Waals surface area contributed by atoms with Gasteiger partial charge in [-0.15, -0.1) is 0 Å². The normalized spacial score (nSPS) is 13.0. The van der Waals surface area contributed by atoms with Crippen LogP contribution in [0.2, 0.25) is 0 Å². The molecule has 2 aromatic rings. The Labute approximate surface area is 142 Å². The lowest BCUT2D eigenvalue weighted by atomic mass is 10.1. The Hall–Kier alpha value is -2.05. The van der Waals surface area contributed by atoms with E-state index in [-0.39, 0.29) is 12.1 Å². The summed E-state index contributed by atoms with van der Waals surface area (Å²) in [5, 5.41) is 14.1. The van der Waals surface area contributed by atoms with Crippen molar-refractivity contribution in [3.8, 4) is 5.75 Å². The molecule has 1 unspecified atom stereocenters. The van der Waals surface area contributed by atoms with Crippen LogP contribution in [-0.2, 0) is 4.74 Å². The highest BCUT2D eigenvalue weighted by Gasteiger charge is 2.15. The Morgan fingerprint density at radius 2 is 2.12 bits per heavy atom. The van der Waals surface area contributed by atoms with Crippen molar-refractivity contribution in [1.29, 1.82) is 0 Å². The predicted molar refractivity (Wildman–Crippen MR) is 93.5 cm³/mol. The molecule has 0 spiro atoms. The fourth-order valence-corrected chi connectivity index (χ4v) is 2.24. The molecule has 24 heavy (non-hydrogen) atoms. The smallest absolute Gasteiger partial charge is 0.354 e. The molecule has 132 valence electrons. The number of carbonyl (C=O) groups is 1. The van der Waals surface area contributed by atoms with Crippen LogP contribution >= 0.6 is 0 Å². The zero-order valence-electron chi connectivity index (χ0n) is 14.7. The van der Waals surface area contributed by atoms with Gasteiger partial charge in [0.05, 0.1) is 6.61 Å². The van der Waals surface area contributed by atoms with Crippen molar-refractivity contribution in [1.82, 2.24) is 10.3 Å². The van der Waals surface area contributed by atoms with Gasteiger partial charge in [0.1, 0.15) is 24.2 Å². The Kier molecular flexibility index (Phi) is 5.85. The lowest BCUT2D eigenvalue weighted by molar-refractivity contribution is 0.0520. The van der Waals surface area contributed by atoms with E-state index in [9.17, 15) is 9.90 Å². The second kappa shape index (κ2) is 7.68. The van der Waals surface area contributed by atoms with Crippen molar-refractivity contribution in [2.75, 3.05) is 19.8 Å². The maximum atomic E-state index is 11.8. The first-order chi connectivity index (χ1) is 11.3. The summed E-state index contributed by atoms with van der Waals surface area (Å²) in [6.45, 7) is 8.82. The second-order valence-corrected chi connectivity index (χ2v) is 6.72. The zero-order valence-corrected chi connectivity index (χ0v) is 14.7. The molecule has 0 saturated heterocycles. The van der Waals surface area contributed by atoms with E-state index in [0.717, 1.165) is 10.9 Å². The van der Waals surface area contributed by atoms with E-state index in [1.54, 1.807) is 13.0 Å². The number of aliphatic hydroxyl groups excluding tert-OH is 1. The number of benzene rings is 1. The fourth-order valence-electron chi connectivity index (χ4n) is 2.24. The van der Waals surface area contributed by atoms with Gasteiger partial charge in [-0.05, 0) is 45.9 Å². The molecule has 1 atom stereocenters. The van der Waals surface area contributed by atoms with Gasteiger partial charge >= 0.3 is 5.97 Å². The summed E-state index contributed by atoms with van der Waals surface area (Å²) in [4.78, 5) is 14.9. The molecule has 0 saturated carbocycles. The number of β-amino-alcohol motifs (C(OH)–C–C–N with tert-alkyl or cyclic N) is 1. The average molecular weight is 334 g/mol. The molecule has 0 bridgehead atoms. The number of aliphatic hydroxyl groups is 1. The van der Waals surface area contributed by atoms with Gasteiger partial charge in [-0.2, -0.15) is 0 Å². The Morgan fingerprint density at radius 3 is 2.79 bits per heavy atom. The number of hydrogen-bond acceptors (Lipinski definition) is 5. The van der Waals surface area contributed by atoms with Crippen molar-refractivity contribution in [2.45, 2.75) is 39.3 Å². The number of carbonyl (C=O) groups excluding carboxylic acids is 1. The van der Waals surface area contributed by atoms with Crippen LogP contribution < -0.4 is 10.1 Å². The third-order valence-corrected chi connectivity index (χ3v) is 3.42. The predicted octanol–water partition coefficient (Wildman–Crippen LogP) is 2.47. The monoisotopic (exact) mass is 334 g/mol. The van der Waals surface area contributed by atoms with Crippen LogP contribution in [0.1, 0.15) is 38.2 Å². The lowest BCUT2D eigenvalue weighted by Gasteiger charge is -2.23. The van der Waals surface area contributed by atoms with Crippen molar-refractivity contribution < 1.29 is 19.4 Å². The number of aromatic amines is 1.